The number of isocyanates is 1. The van der Waals surface area contributed by atoms with Crippen LogP contribution in [-0.2, 0) is 15.0 Å². The van der Waals surface area contributed by atoms with Gasteiger partial charge in [-0.3, -0.25) is 0 Å². The van der Waals surface area contributed by atoms with Crippen LogP contribution >= 0.6 is 0 Å². The van der Waals surface area contributed by atoms with Crippen LogP contribution < -0.4 is 0 Å². The van der Waals surface area contributed by atoms with Crippen molar-refractivity contribution in [1.29, 1.82) is 0 Å². The third-order valence-corrected chi connectivity index (χ3v) is 3.57. The fourth-order valence-electron chi connectivity index (χ4n) is 1.90. The number of rotatable bonds is 2. The topological polar surface area (TPSA) is 66.8 Å². The van der Waals surface area contributed by atoms with Crippen LogP contribution in [0.25, 0.3) is 0 Å². The fourth-order valence-corrected chi connectivity index (χ4v) is 2.99. The average molecular weight is 218 g/mol. The molecule has 5 nitrogen and oxygen atoms in total. The minimum absolute atomic E-state index is 0.315. The number of hydrogen-bond donors (Lipinski definition) is 0. The highest BCUT2D eigenvalue weighted by Crippen LogP contribution is 2.23. The lowest BCUT2D eigenvalue weighted by molar-refractivity contribution is 0.223. The summed E-state index contributed by atoms with van der Waals surface area (Å²) in [4.78, 5) is 9.93. The van der Waals surface area contributed by atoms with Gasteiger partial charge in [0, 0.05) is 13.1 Å². The SMILES string of the molecule is CC1CC(C)CN(S(=O)(=O)N=C=O)C1. The molecule has 0 aliphatic carbocycles. The van der Waals surface area contributed by atoms with Gasteiger partial charge in [-0.05, 0) is 18.3 Å². The summed E-state index contributed by atoms with van der Waals surface area (Å²) in [5.74, 6) is 0.630. The molecule has 2 unspecified atom stereocenters. The van der Waals surface area contributed by atoms with E-state index in [0.29, 0.717) is 24.9 Å². The summed E-state index contributed by atoms with van der Waals surface area (Å²) in [5, 5.41) is 0. The van der Waals surface area contributed by atoms with Gasteiger partial charge in [0.2, 0.25) is 0 Å². The smallest absolute Gasteiger partial charge is 0.210 e. The lowest BCUT2D eigenvalue weighted by atomic mass is 9.94. The molecular formula is C8H14N2O3S. The van der Waals surface area contributed by atoms with E-state index in [2.05, 4.69) is 4.40 Å². The van der Waals surface area contributed by atoms with Crippen molar-refractivity contribution < 1.29 is 13.2 Å². The van der Waals surface area contributed by atoms with Crippen molar-refractivity contribution in [1.82, 2.24) is 4.31 Å². The Morgan fingerprint density at radius 1 is 1.29 bits per heavy atom. The van der Waals surface area contributed by atoms with Crippen molar-refractivity contribution in [2.45, 2.75) is 20.3 Å². The van der Waals surface area contributed by atoms with E-state index in [-0.39, 0.29) is 0 Å². The highest BCUT2D eigenvalue weighted by Gasteiger charge is 2.29. The highest BCUT2D eigenvalue weighted by molar-refractivity contribution is 7.87. The van der Waals surface area contributed by atoms with Crippen molar-refractivity contribution in [3.63, 3.8) is 0 Å². The van der Waals surface area contributed by atoms with Crippen LogP contribution in [0.5, 0.6) is 0 Å². The van der Waals surface area contributed by atoms with Crippen molar-refractivity contribution in [2.24, 2.45) is 16.2 Å². The van der Waals surface area contributed by atoms with Crippen LogP contribution in [0.2, 0.25) is 0 Å². The molecule has 1 aliphatic rings. The lowest BCUT2D eigenvalue weighted by Gasteiger charge is -2.32. The molecule has 0 radical (unpaired) electrons. The summed E-state index contributed by atoms with van der Waals surface area (Å²) in [6, 6.07) is 0. The van der Waals surface area contributed by atoms with Crippen molar-refractivity contribution >= 4 is 16.3 Å². The Kier molecular flexibility index (Phi) is 3.42. The quantitative estimate of drug-likeness (QED) is 0.502. The molecule has 6 heteroatoms. The van der Waals surface area contributed by atoms with E-state index in [9.17, 15) is 13.2 Å². The van der Waals surface area contributed by atoms with Gasteiger partial charge in [-0.2, -0.15) is 12.7 Å². The van der Waals surface area contributed by atoms with E-state index in [4.69, 9.17) is 0 Å². The second-order valence-corrected chi connectivity index (χ2v) is 5.52. The molecule has 1 fully saturated rings. The minimum atomic E-state index is -3.76. The highest BCUT2D eigenvalue weighted by atomic mass is 32.2. The van der Waals surface area contributed by atoms with Crippen molar-refractivity contribution in [2.75, 3.05) is 13.1 Å². The first-order valence-corrected chi connectivity index (χ1v) is 5.94. The Balaban J connectivity index is 2.83. The summed E-state index contributed by atoms with van der Waals surface area (Å²) in [5.41, 5.74) is 0. The van der Waals surface area contributed by atoms with Crippen molar-refractivity contribution in [3.8, 4) is 0 Å². The Bertz CT molecular complexity index is 336. The van der Waals surface area contributed by atoms with Gasteiger partial charge in [0.25, 0.3) is 6.08 Å². The Morgan fingerprint density at radius 3 is 2.21 bits per heavy atom. The summed E-state index contributed by atoms with van der Waals surface area (Å²) >= 11 is 0. The third-order valence-electron chi connectivity index (χ3n) is 2.31. The molecule has 0 amide bonds. The van der Waals surface area contributed by atoms with E-state index >= 15 is 0 Å². The van der Waals surface area contributed by atoms with E-state index < -0.39 is 10.2 Å². The van der Waals surface area contributed by atoms with Gasteiger partial charge < -0.3 is 0 Å². The maximum atomic E-state index is 11.4. The maximum Gasteiger partial charge on any atom is 0.332 e. The van der Waals surface area contributed by atoms with Crippen LogP contribution in [0.1, 0.15) is 20.3 Å². The summed E-state index contributed by atoms with van der Waals surface area (Å²) in [6.07, 6.45) is 2.09. The monoisotopic (exact) mass is 218 g/mol. The molecular weight excluding hydrogens is 204 g/mol. The van der Waals surface area contributed by atoms with Crippen LogP contribution in [-0.4, -0.2) is 31.9 Å². The number of hydrogen-bond acceptors (Lipinski definition) is 3. The number of piperidine rings is 1. The molecule has 0 aromatic heterocycles. The standard InChI is InChI=1S/C8H14N2O3S/c1-7-3-8(2)5-10(4-7)14(12,13)9-6-11/h7-8H,3-5H2,1-2H3. The average Bonchev–Trinajstić information content (AvgIpc) is 2.02. The summed E-state index contributed by atoms with van der Waals surface area (Å²) in [7, 11) is -3.76. The largest absolute Gasteiger partial charge is 0.332 e. The Labute approximate surface area is 84.0 Å². The summed E-state index contributed by atoms with van der Waals surface area (Å²) in [6.45, 7) is 4.86. The molecule has 1 rings (SSSR count). The minimum Gasteiger partial charge on any atom is -0.210 e. The molecule has 1 aliphatic heterocycles. The lowest BCUT2D eigenvalue weighted by Crippen LogP contribution is -2.41. The van der Waals surface area contributed by atoms with Gasteiger partial charge in [0.05, 0.1) is 0 Å². The van der Waals surface area contributed by atoms with Gasteiger partial charge >= 0.3 is 10.2 Å². The number of nitrogens with zero attached hydrogens (tertiary/aromatic N) is 2. The van der Waals surface area contributed by atoms with Crippen molar-refractivity contribution in [3.05, 3.63) is 0 Å². The first-order chi connectivity index (χ1) is 6.45. The molecule has 1 heterocycles. The van der Waals surface area contributed by atoms with E-state index in [1.54, 1.807) is 0 Å². The van der Waals surface area contributed by atoms with Gasteiger partial charge in [-0.25, -0.2) is 4.79 Å². The zero-order valence-electron chi connectivity index (χ0n) is 8.30. The molecule has 14 heavy (non-hydrogen) atoms. The Hall–Kier alpha value is -0.710. The second kappa shape index (κ2) is 4.21. The van der Waals surface area contributed by atoms with Gasteiger partial charge in [-0.1, -0.05) is 18.2 Å². The summed E-state index contributed by atoms with van der Waals surface area (Å²) < 4.78 is 26.8. The molecule has 1 saturated heterocycles. The Morgan fingerprint density at radius 2 is 1.79 bits per heavy atom. The van der Waals surface area contributed by atoms with Crippen LogP contribution in [0.15, 0.2) is 4.40 Å². The van der Waals surface area contributed by atoms with Gasteiger partial charge in [0.1, 0.15) is 0 Å². The second-order valence-electron chi connectivity index (χ2n) is 3.92. The molecule has 80 valence electrons. The predicted molar refractivity (Wildman–Crippen MR) is 51.6 cm³/mol. The maximum absolute atomic E-state index is 11.4. The zero-order valence-corrected chi connectivity index (χ0v) is 9.12. The van der Waals surface area contributed by atoms with Crippen LogP contribution in [0.3, 0.4) is 0 Å². The third kappa shape index (κ3) is 2.64. The molecule has 2 atom stereocenters. The molecule has 0 aromatic carbocycles. The molecule has 0 saturated carbocycles. The first kappa shape index (κ1) is 11.4. The van der Waals surface area contributed by atoms with Gasteiger partial charge in [0.15, 0.2) is 0 Å². The normalized spacial score (nSPS) is 29.6. The van der Waals surface area contributed by atoms with E-state index in [0.717, 1.165) is 12.5 Å². The predicted octanol–water partition coefficient (Wildman–Crippen LogP) is 0.545. The van der Waals surface area contributed by atoms with Crippen LogP contribution in [0.4, 0.5) is 0 Å². The molecule has 0 bridgehead atoms. The first-order valence-electron chi connectivity index (χ1n) is 4.55. The molecule has 0 N–H and O–H groups in total. The van der Waals surface area contributed by atoms with E-state index in [1.165, 1.54) is 4.31 Å². The van der Waals surface area contributed by atoms with Gasteiger partial charge in [-0.15, -0.1) is 0 Å². The van der Waals surface area contributed by atoms with Crippen LogP contribution in [0, 0.1) is 11.8 Å². The number of carbonyl (C=O) groups excluding carboxylic acids is 1. The van der Waals surface area contributed by atoms with E-state index in [1.807, 2.05) is 13.8 Å². The molecule has 0 aromatic rings. The fraction of sp³-hybridized carbons (Fsp3) is 0.875. The molecule has 0 spiro atoms. The zero-order chi connectivity index (χ0) is 10.8.